The molecule has 0 spiro atoms. The van der Waals surface area contributed by atoms with Crippen molar-refractivity contribution in [2.45, 2.75) is 25.9 Å². The number of aromatic nitrogens is 2. The third-order valence-electron chi connectivity index (χ3n) is 6.78. The molecule has 38 heavy (non-hydrogen) atoms. The highest BCUT2D eigenvalue weighted by Gasteiger charge is 2.24. The first-order valence-electron chi connectivity index (χ1n) is 12.8. The van der Waals surface area contributed by atoms with Crippen molar-refractivity contribution in [3.05, 3.63) is 112 Å². The minimum atomic E-state index is -0.156. The van der Waals surface area contributed by atoms with Gasteiger partial charge in [0.25, 0.3) is 5.91 Å². The largest absolute Gasteiger partial charge is 0.489 e. The Bertz CT molecular complexity index is 1390. The van der Waals surface area contributed by atoms with Crippen LogP contribution in [0, 0.1) is 0 Å². The second-order valence-electron chi connectivity index (χ2n) is 9.31. The van der Waals surface area contributed by atoms with Gasteiger partial charge in [-0.05, 0) is 53.8 Å². The third-order valence-corrected chi connectivity index (χ3v) is 7.04. The highest BCUT2D eigenvalue weighted by molar-refractivity contribution is 6.30. The van der Waals surface area contributed by atoms with Crippen LogP contribution in [0.3, 0.4) is 0 Å². The Morgan fingerprint density at radius 3 is 2.58 bits per heavy atom. The summed E-state index contributed by atoms with van der Waals surface area (Å²) >= 11 is 6.04. The molecule has 0 saturated carbocycles. The number of amides is 1. The number of hydrogen-bond acceptors (Lipinski definition) is 5. The smallest absolute Gasteiger partial charge is 0.255 e. The molecule has 0 unspecified atom stereocenters. The van der Waals surface area contributed by atoms with Gasteiger partial charge in [0.2, 0.25) is 0 Å². The van der Waals surface area contributed by atoms with Crippen LogP contribution < -0.4 is 15.0 Å². The molecule has 1 aliphatic heterocycles. The van der Waals surface area contributed by atoms with E-state index in [4.69, 9.17) is 16.3 Å². The number of aliphatic hydroxyl groups is 1. The Kier molecular flexibility index (Phi) is 8.26. The standard InChI is InChI=1S/C30H31ClN4O3/c31-25-10-8-22(9-11-25)19-35-21-32-18-26(35)20-34-15-17-38-29-27(6-3-7-28(29)34)30(37)33-14-12-23-4-1-2-5-24(23)13-16-36/h1-11,18,21,36H,12-17,19-20H2,(H,33,37). The number of aliphatic hydroxyl groups excluding tert-OH is 1. The molecule has 3 aromatic carbocycles. The van der Waals surface area contributed by atoms with Crippen LogP contribution in [0.2, 0.25) is 5.02 Å². The van der Waals surface area contributed by atoms with Crippen molar-refractivity contribution in [2.24, 2.45) is 0 Å². The highest BCUT2D eigenvalue weighted by Crippen LogP contribution is 2.36. The first-order chi connectivity index (χ1) is 18.6. The summed E-state index contributed by atoms with van der Waals surface area (Å²) in [7, 11) is 0. The van der Waals surface area contributed by atoms with Crippen LogP contribution in [-0.4, -0.2) is 46.9 Å². The molecule has 1 amide bonds. The molecule has 4 aromatic rings. The molecule has 1 aromatic heterocycles. The lowest BCUT2D eigenvalue weighted by atomic mass is 10.0. The van der Waals surface area contributed by atoms with Gasteiger partial charge in [-0.25, -0.2) is 4.98 Å². The maximum absolute atomic E-state index is 13.1. The number of carbonyl (C=O) groups excluding carboxylic acids is 1. The number of nitrogens with zero attached hydrogens (tertiary/aromatic N) is 3. The molecule has 0 fully saturated rings. The number of rotatable bonds is 10. The zero-order valence-corrected chi connectivity index (χ0v) is 21.9. The molecule has 1 aliphatic rings. The van der Waals surface area contributed by atoms with Crippen LogP contribution in [0.5, 0.6) is 5.75 Å². The minimum absolute atomic E-state index is 0.106. The second kappa shape index (κ2) is 12.2. The molecule has 0 bridgehead atoms. The maximum Gasteiger partial charge on any atom is 0.255 e. The number of imidazole rings is 1. The van der Waals surface area contributed by atoms with E-state index >= 15 is 0 Å². The summed E-state index contributed by atoms with van der Waals surface area (Å²) in [5.41, 5.74) is 5.89. The summed E-state index contributed by atoms with van der Waals surface area (Å²) < 4.78 is 8.14. The van der Waals surface area contributed by atoms with Crippen molar-refractivity contribution in [1.29, 1.82) is 0 Å². The lowest BCUT2D eigenvalue weighted by molar-refractivity contribution is 0.0949. The van der Waals surface area contributed by atoms with Crippen LogP contribution in [0.1, 0.15) is 32.7 Å². The van der Waals surface area contributed by atoms with Crippen molar-refractivity contribution in [3.63, 3.8) is 0 Å². The number of halogens is 1. The zero-order chi connectivity index (χ0) is 26.3. The average molecular weight is 531 g/mol. The van der Waals surface area contributed by atoms with Gasteiger partial charge in [-0.15, -0.1) is 0 Å². The van der Waals surface area contributed by atoms with Crippen LogP contribution in [0.15, 0.2) is 79.3 Å². The van der Waals surface area contributed by atoms with E-state index in [-0.39, 0.29) is 12.5 Å². The summed E-state index contributed by atoms with van der Waals surface area (Å²) in [5.74, 6) is 0.455. The van der Waals surface area contributed by atoms with Gasteiger partial charge >= 0.3 is 0 Å². The Morgan fingerprint density at radius 2 is 1.79 bits per heavy atom. The van der Waals surface area contributed by atoms with E-state index in [1.807, 2.05) is 79.3 Å². The van der Waals surface area contributed by atoms with Crippen LogP contribution in [0.25, 0.3) is 0 Å². The van der Waals surface area contributed by atoms with Crippen molar-refractivity contribution in [3.8, 4) is 5.75 Å². The van der Waals surface area contributed by atoms with Crippen molar-refractivity contribution in [2.75, 3.05) is 31.2 Å². The van der Waals surface area contributed by atoms with E-state index in [1.54, 1.807) is 0 Å². The number of nitrogens with one attached hydrogen (secondary N) is 1. The summed E-state index contributed by atoms with van der Waals surface area (Å²) in [6.45, 7) is 3.17. The molecule has 2 heterocycles. The number of hydrogen-bond donors (Lipinski definition) is 2. The van der Waals surface area contributed by atoms with Gasteiger partial charge in [0, 0.05) is 30.9 Å². The van der Waals surface area contributed by atoms with E-state index in [0.717, 1.165) is 33.1 Å². The molecule has 5 rings (SSSR count). The molecule has 0 radical (unpaired) electrons. The fourth-order valence-corrected chi connectivity index (χ4v) is 4.95. The highest BCUT2D eigenvalue weighted by atomic mass is 35.5. The summed E-state index contributed by atoms with van der Waals surface area (Å²) in [5, 5.41) is 13.1. The van der Waals surface area contributed by atoms with Gasteiger partial charge in [-0.2, -0.15) is 0 Å². The van der Waals surface area contributed by atoms with E-state index < -0.39 is 0 Å². The molecule has 0 atom stereocenters. The van der Waals surface area contributed by atoms with Crippen molar-refractivity contribution in [1.82, 2.24) is 14.9 Å². The summed E-state index contributed by atoms with van der Waals surface area (Å²) in [4.78, 5) is 19.8. The quantitative estimate of drug-likeness (QED) is 0.316. The predicted octanol–water partition coefficient (Wildman–Crippen LogP) is 4.49. The Hall–Kier alpha value is -3.81. The molecular weight excluding hydrogens is 500 g/mol. The van der Waals surface area contributed by atoms with Crippen molar-refractivity contribution >= 4 is 23.2 Å². The summed E-state index contributed by atoms with van der Waals surface area (Å²) in [6.07, 6.45) is 5.03. The Balaban J connectivity index is 1.27. The van der Waals surface area contributed by atoms with E-state index in [9.17, 15) is 9.90 Å². The van der Waals surface area contributed by atoms with Crippen LogP contribution in [0.4, 0.5) is 5.69 Å². The van der Waals surface area contributed by atoms with Gasteiger partial charge in [0.1, 0.15) is 6.61 Å². The topological polar surface area (TPSA) is 79.6 Å². The Morgan fingerprint density at radius 1 is 1.00 bits per heavy atom. The van der Waals surface area contributed by atoms with E-state index in [0.29, 0.717) is 56.9 Å². The number of para-hydroxylation sites is 1. The number of fused-ring (bicyclic) bond motifs is 1. The molecule has 7 nitrogen and oxygen atoms in total. The van der Waals surface area contributed by atoms with Gasteiger partial charge in [-0.3, -0.25) is 4.79 Å². The molecule has 0 aliphatic carbocycles. The first-order valence-corrected chi connectivity index (χ1v) is 13.2. The lowest BCUT2D eigenvalue weighted by Crippen LogP contribution is -2.34. The number of anilines is 1. The third kappa shape index (κ3) is 6.01. The van der Waals surface area contributed by atoms with Crippen molar-refractivity contribution < 1.29 is 14.6 Å². The fraction of sp³-hybridized carbons (Fsp3) is 0.267. The number of ether oxygens (including phenoxy) is 1. The fourth-order valence-electron chi connectivity index (χ4n) is 4.82. The predicted molar refractivity (Wildman–Crippen MR) is 149 cm³/mol. The number of benzene rings is 3. The van der Waals surface area contributed by atoms with Gasteiger partial charge in [-0.1, -0.05) is 54.1 Å². The van der Waals surface area contributed by atoms with Gasteiger partial charge in [0.05, 0.1) is 36.4 Å². The molecule has 0 saturated heterocycles. The van der Waals surface area contributed by atoms with Gasteiger partial charge in [0.15, 0.2) is 5.75 Å². The molecular formula is C30H31ClN4O3. The van der Waals surface area contributed by atoms with Crippen LogP contribution in [-0.2, 0) is 25.9 Å². The van der Waals surface area contributed by atoms with Crippen LogP contribution >= 0.6 is 11.6 Å². The minimum Gasteiger partial charge on any atom is -0.489 e. The summed E-state index contributed by atoms with van der Waals surface area (Å²) in [6, 6.07) is 21.5. The second-order valence-corrected chi connectivity index (χ2v) is 9.75. The lowest BCUT2D eigenvalue weighted by Gasteiger charge is -2.32. The Labute approximate surface area is 227 Å². The molecule has 2 N–H and O–H groups in total. The molecule has 196 valence electrons. The van der Waals surface area contributed by atoms with E-state index in [1.165, 1.54) is 0 Å². The normalized spacial score (nSPS) is 12.6. The average Bonchev–Trinajstić information content (AvgIpc) is 3.37. The first kappa shape index (κ1) is 25.8. The monoisotopic (exact) mass is 530 g/mol. The zero-order valence-electron chi connectivity index (χ0n) is 21.1. The maximum atomic E-state index is 13.1. The van der Waals surface area contributed by atoms with E-state index in [2.05, 4.69) is 19.8 Å². The molecule has 8 heteroatoms. The SMILES string of the molecule is O=C(NCCc1ccccc1CCO)c1cccc2c1OCCN2Cc1cncn1Cc1ccc(Cl)cc1. The van der Waals surface area contributed by atoms with Gasteiger partial charge < -0.3 is 24.6 Å². The number of carbonyl (C=O) groups is 1.